The van der Waals surface area contributed by atoms with Crippen molar-refractivity contribution in [3.63, 3.8) is 0 Å². The third-order valence-corrected chi connectivity index (χ3v) is 5.07. The fourth-order valence-electron chi connectivity index (χ4n) is 3.52. The second kappa shape index (κ2) is 9.88. The van der Waals surface area contributed by atoms with Gasteiger partial charge in [-0.25, -0.2) is 4.79 Å². The van der Waals surface area contributed by atoms with E-state index in [9.17, 15) is 19.2 Å². The van der Waals surface area contributed by atoms with Gasteiger partial charge in [0.2, 0.25) is 11.8 Å². The Morgan fingerprint density at radius 2 is 1.58 bits per heavy atom. The minimum atomic E-state index is -1.31. The predicted molar refractivity (Wildman–Crippen MR) is 115 cm³/mol. The number of benzene rings is 2. The lowest BCUT2D eigenvalue weighted by Gasteiger charge is -2.27. The molecule has 0 aliphatic carbocycles. The van der Waals surface area contributed by atoms with E-state index in [0.29, 0.717) is 12.1 Å². The second-order valence-corrected chi connectivity index (χ2v) is 7.38. The third kappa shape index (κ3) is 5.09. The highest BCUT2D eigenvalue weighted by atomic mass is 16.2. The van der Waals surface area contributed by atoms with E-state index >= 15 is 0 Å². The Morgan fingerprint density at radius 1 is 0.935 bits per heavy atom. The number of hydrogen-bond donors (Lipinski definition) is 3. The van der Waals surface area contributed by atoms with Crippen LogP contribution in [-0.4, -0.2) is 48.3 Å². The lowest BCUT2D eigenvalue weighted by molar-refractivity contribution is -0.135. The first-order chi connectivity index (χ1) is 15.0. The first kappa shape index (κ1) is 22.0. The predicted octanol–water partition coefficient (Wildman–Crippen LogP) is 1.32. The summed E-state index contributed by atoms with van der Waals surface area (Å²) in [5.41, 5.74) is 0.205. The minimum Gasteiger partial charge on any atom is -0.355 e. The van der Waals surface area contributed by atoms with Gasteiger partial charge in [-0.1, -0.05) is 67.6 Å². The van der Waals surface area contributed by atoms with Crippen LogP contribution in [0.4, 0.5) is 4.79 Å². The Morgan fingerprint density at radius 3 is 2.23 bits per heavy atom. The van der Waals surface area contributed by atoms with E-state index in [-0.39, 0.29) is 18.9 Å². The van der Waals surface area contributed by atoms with Gasteiger partial charge in [0.15, 0.2) is 5.54 Å². The molecule has 2 aromatic rings. The van der Waals surface area contributed by atoms with Crippen LogP contribution >= 0.6 is 0 Å². The van der Waals surface area contributed by atoms with Gasteiger partial charge >= 0.3 is 6.03 Å². The molecule has 1 atom stereocenters. The number of urea groups is 1. The molecule has 0 spiro atoms. The first-order valence-electron chi connectivity index (χ1n) is 10.2. The summed E-state index contributed by atoms with van der Waals surface area (Å²) >= 11 is 0. The molecule has 3 N–H and O–H groups in total. The zero-order chi connectivity index (χ0) is 22.3. The Hall–Kier alpha value is -3.68. The van der Waals surface area contributed by atoms with E-state index in [0.717, 1.165) is 16.9 Å². The van der Waals surface area contributed by atoms with Gasteiger partial charge in [0.1, 0.15) is 6.54 Å². The average molecular weight is 422 g/mol. The van der Waals surface area contributed by atoms with Gasteiger partial charge in [0.05, 0.1) is 6.54 Å². The molecule has 2 aromatic carbocycles. The van der Waals surface area contributed by atoms with E-state index in [2.05, 4.69) is 16.0 Å². The number of rotatable bonds is 9. The smallest absolute Gasteiger partial charge is 0.325 e. The molecule has 3 rings (SSSR count). The quantitative estimate of drug-likeness (QED) is 0.530. The standard InChI is InChI=1S/C23H26N4O4/c1-2-13-24-19(28)15-25-20(29)16-27-21(30)23(26-22(27)31,18-11-7-4-8-12-18)14-17-9-5-3-6-10-17/h3-12H,2,13-16H2,1H3,(H,24,28)(H,25,29)(H,26,31)/t23-/m0/s1. The molecule has 31 heavy (non-hydrogen) atoms. The van der Waals surface area contributed by atoms with Crippen LogP contribution in [0.25, 0.3) is 0 Å². The van der Waals surface area contributed by atoms with Gasteiger partial charge in [-0.2, -0.15) is 0 Å². The first-order valence-corrected chi connectivity index (χ1v) is 10.2. The van der Waals surface area contributed by atoms with Crippen molar-refractivity contribution in [2.24, 2.45) is 0 Å². The molecule has 1 aliphatic heterocycles. The van der Waals surface area contributed by atoms with Gasteiger partial charge in [0.25, 0.3) is 5.91 Å². The number of nitrogens with zero attached hydrogens (tertiary/aromatic N) is 1. The summed E-state index contributed by atoms with van der Waals surface area (Å²) in [6.45, 7) is 1.76. The van der Waals surface area contributed by atoms with Crippen LogP contribution in [0.1, 0.15) is 24.5 Å². The molecule has 8 nitrogen and oxygen atoms in total. The van der Waals surface area contributed by atoms with Gasteiger partial charge in [-0.3, -0.25) is 19.3 Å². The largest absolute Gasteiger partial charge is 0.355 e. The van der Waals surface area contributed by atoms with Crippen LogP contribution in [0, 0.1) is 0 Å². The molecule has 0 saturated carbocycles. The molecule has 162 valence electrons. The summed E-state index contributed by atoms with van der Waals surface area (Å²) in [4.78, 5) is 51.0. The fourth-order valence-corrected chi connectivity index (χ4v) is 3.52. The van der Waals surface area contributed by atoms with Gasteiger partial charge in [-0.05, 0) is 17.5 Å². The number of nitrogens with one attached hydrogen (secondary N) is 3. The van der Waals surface area contributed by atoms with Crippen LogP contribution < -0.4 is 16.0 Å². The zero-order valence-electron chi connectivity index (χ0n) is 17.4. The van der Waals surface area contributed by atoms with Crippen LogP contribution in [0.2, 0.25) is 0 Å². The molecule has 0 aromatic heterocycles. The highest BCUT2D eigenvalue weighted by Gasteiger charge is 2.52. The van der Waals surface area contributed by atoms with Crippen LogP contribution in [0.15, 0.2) is 60.7 Å². The zero-order valence-corrected chi connectivity index (χ0v) is 17.4. The summed E-state index contributed by atoms with van der Waals surface area (Å²) in [7, 11) is 0. The molecule has 8 heteroatoms. The molecular formula is C23H26N4O4. The summed E-state index contributed by atoms with van der Waals surface area (Å²) < 4.78 is 0. The lowest BCUT2D eigenvalue weighted by Crippen LogP contribution is -2.47. The molecule has 1 heterocycles. The molecule has 5 amide bonds. The van der Waals surface area contributed by atoms with E-state index < -0.39 is 29.9 Å². The molecule has 0 unspecified atom stereocenters. The second-order valence-electron chi connectivity index (χ2n) is 7.38. The van der Waals surface area contributed by atoms with Crippen molar-refractivity contribution in [2.45, 2.75) is 25.3 Å². The Bertz CT molecular complexity index is 949. The SMILES string of the molecule is CCCNC(=O)CNC(=O)CN1C(=O)N[C@@](Cc2ccccc2)(c2ccccc2)C1=O. The van der Waals surface area contributed by atoms with Gasteiger partial charge in [-0.15, -0.1) is 0 Å². The van der Waals surface area contributed by atoms with E-state index in [1.807, 2.05) is 43.3 Å². The van der Waals surface area contributed by atoms with Crippen LogP contribution in [0.5, 0.6) is 0 Å². The van der Waals surface area contributed by atoms with E-state index in [1.165, 1.54) is 0 Å². The minimum absolute atomic E-state index is 0.212. The van der Waals surface area contributed by atoms with Crippen molar-refractivity contribution in [1.82, 2.24) is 20.9 Å². The summed E-state index contributed by atoms with van der Waals surface area (Å²) in [5, 5.41) is 7.91. The molecular weight excluding hydrogens is 396 g/mol. The molecule has 1 aliphatic rings. The normalized spacial score (nSPS) is 17.9. The van der Waals surface area contributed by atoms with Crippen molar-refractivity contribution in [2.75, 3.05) is 19.6 Å². The van der Waals surface area contributed by atoms with Gasteiger partial charge < -0.3 is 16.0 Å². The number of hydrogen-bond acceptors (Lipinski definition) is 4. The maximum atomic E-state index is 13.4. The number of amides is 5. The maximum absolute atomic E-state index is 13.4. The third-order valence-electron chi connectivity index (χ3n) is 5.07. The van der Waals surface area contributed by atoms with E-state index in [1.54, 1.807) is 24.3 Å². The lowest BCUT2D eigenvalue weighted by atomic mass is 9.83. The maximum Gasteiger partial charge on any atom is 0.325 e. The summed E-state index contributed by atoms with van der Waals surface area (Å²) in [6, 6.07) is 17.7. The van der Waals surface area contributed by atoms with Crippen molar-refractivity contribution in [3.05, 3.63) is 71.8 Å². The summed E-state index contributed by atoms with van der Waals surface area (Å²) in [6.07, 6.45) is 1.03. The molecule has 0 radical (unpaired) electrons. The number of carbonyl (C=O) groups is 4. The van der Waals surface area contributed by atoms with E-state index in [4.69, 9.17) is 0 Å². The van der Waals surface area contributed by atoms with Crippen LogP contribution in [-0.2, 0) is 26.3 Å². The summed E-state index contributed by atoms with van der Waals surface area (Å²) in [5.74, 6) is -1.41. The monoisotopic (exact) mass is 422 g/mol. The van der Waals surface area contributed by atoms with Crippen molar-refractivity contribution >= 4 is 23.8 Å². The Kier molecular flexibility index (Phi) is 7.02. The molecule has 1 fully saturated rings. The van der Waals surface area contributed by atoms with Crippen molar-refractivity contribution in [1.29, 1.82) is 0 Å². The van der Waals surface area contributed by atoms with Gasteiger partial charge in [0, 0.05) is 13.0 Å². The van der Waals surface area contributed by atoms with Crippen molar-refractivity contribution < 1.29 is 19.2 Å². The number of imide groups is 1. The fraction of sp³-hybridized carbons (Fsp3) is 0.304. The van der Waals surface area contributed by atoms with Crippen LogP contribution in [0.3, 0.4) is 0 Å². The highest BCUT2D eigenvalue weighted by molar-refractivity contribution is 6.09. The Balaban J connectivity index is 1.77. The number of carbonyl (C=O) groups excluding carboxylic acids is 4. The Labute approximate surface area is 181 Å². The molecule has 0 bridgehead atoms. The average Bonchev–Trinajstić information content (AvgIpc) is 3.02. The topological polar surface area (TPSA) is 108 Å². The highest BCUT2D eigenvalue weighted by Crippen LogP contribution is 2.32. The molecule has 1 saturated heterocycles. The van der Waals surface area contributed by atoms with Crippen molar-refractivity contribution in [3.8, 4) is 0 Å².